The summed E-state index contributed by atoms with van der Waals surface area (Å²) in [5, 5.41) is 0. The van der Waals surface area contributed by atoms with Crippen LogP contribution in [-0.2, 0) is 21.4 Å². The molecule has 0 spiro atoms. The average molecular weight is 521 g/mol. The molecule has 5 heteroatoms. The summed E-state index contributed by atoms with van der Waals surface area (Å²) in [7, 11) is 0. The van der Waals surface area contributed by atoms with Crippen LogP contribution in [-0.4, -0.2) is 18.4 Å². The molecule has 4 aromatic carbocycles. The number of hydrogen-bond acceptors (Lipinski definition) is 3. The van der Waals surface area contributed by atoms with Crippen LogP contribution < -0.4 is 14.5 Å². The maximum Gasteiger partial charge on any atom is 0.321 e. The van der Waals surface area contributed by atoms with Gasteiger partial charge in [-0.3, -0.25) is 19.4 Å². The Balaban J connectivity index is 1.91. The fraction of sp³-hybridized carbons (Fsp3) is 0.235. The zero-order valence-electron chi connectivity index (χ0n) is 23.3. The SMILES string of the molecule is CCOc1c(C(C)(C)C)ccc(N(C(=O)C(=O)N(c2ccccc2)c2ccccc2)c2ccccc2)c1CC. The van der Waals surface area contributed by atoms with E-state index in [9.17, 15) is 9.59 Å². The summed E-state index contributed by atoms with van der Waals surface area (Å²) < 4.78 is 6.21. The van der Waals surface area contributed by atoms with Crippen LogP contribution in [0.5, 0.6) is 5.75 Å². The molecule has 2 amide bonds. The summed E-state index contributed by atoms with van der Waals surface area (Å²) >= 11 is 0. The monoisotopic (exact) mass is 520 g/mol. The van der Waals surface area contributed by atoms with Gasteiger partial charge in [-0.25, -0.2) is 0 Å². The van der Waals surface area contributed by atoms with Crippen LogP contribution in [0.15, 0.2) is 103 Å². The van der Waals surface area contributed by atoms with Crippen LogP contribution in [0.25, 0.3) is 0 Å². The van der Waals surface area contributed by atoms with Crippen LogP contribution in [0.4, 0.5) is 22.7 Å². The molecule has 0 saturated heterocycles. The first-order valence-electron chi connectivity index (χ1n) is 13.4. The normalized spacial score (nSPS) is 11.1. The number of ether oxygens (including phenoxy) is 1. The molecule has 0 atom stereocenters. The Labute approximate surface area is 231 Å². The van der Waals surface area contributed by atoms with Gasteiger partial charge >= 0.3 is 11.8 Å². The summed E-state index contributed by atoms with van der Waals surface area (Å²) in [5.41, 5.74) is 4.26. The molecular weight excluding hydrogens is 484 g/mol. The topological polar surface area (TPSA) is 49.9 Å². The molecule has 0 aliphatic carbocycles. The van der Waals surface area contributed by atoms with Crippen molar-refractivity contribution < 1.29 is 14.3 Å². The lowest BCUT2D eigenvalue weighted by Gasteiger charge is -2.31. The first-order chi connectivity index (χ1) is 18.8. The molecular formula is C34H36N2O3. The minimum Gasteiger partial charge on any atom is -0.493 e. The van der Waals surface area contributed by atoms with Crippen molar-refractivity contribution in [3.63, 3.8) is 0 Å². The van der Waals surface area contributed by atoms with Crippen molar-refractivity contribution >= 4 is 34.6 Å². The van der Waals surface area contributed by atoms with E-state index < -0.39 is 11.8 Å². The second-order valence-electron chi connectivity index (χ2n) is 10.3. The first kappa shape index (κ1) is 27.6. The number of benzene rings is 4. The Bertz CT molecular complexity index is 1370. The van der Waals surface area contributed by atoms with Gasteiger partial charge < -0.3 is 4.74 Å². The fourth-order valence-corrected chi connectivity index (χ4v) is 4.74. The highest BCUT2D eigenvalue weighted by molar-refractivity contribution is 6.47. The maximum atomic E-state index is 14.3. The summed E-state index contributed by atoms with van der Waals surface area (Å²) in [6, 6.07) is 31.8. The summed E-state index contributed by atoms with van der Waals surface area (Å²) in [4.78, 5) is 31.5. The first-order valence-corrected chi connectivity index (χ1v) is 13.4. The van der Waals surface area contributed by atoms with Gasteiger partial charge in [-0.15, -0.1) is 0 Å². The van der Waals surface area contributed by atoms with E-state index in [1.165, 1.54) is 9.80 Å². The molecule has 0 fully saturated rings. The van der Waals surface area contributed by atoms with Crippen LogP contribution in [0.2, 0.25) is 0 Å². The Morgan fingerprint density at radius 2 is 1.08 bits per heavy atom. The largest absolute Gasteiger partial charge is 0.493 e. The summed E-state index contributed by atoms with van der Waals surface area (Å²) in [6.45, 7) is 10.9. The lowest BCUT2D eigenvalue weighted by molar-refractivity contribution is -0.135. The number of hydrogen-bond donors (Lipinski definition) is 0. The zero-order valence-corrected chi connectivity index (χ0v) is 23.3. The van der Waals surface area contributed by atoms with E-state index in [0.29, 0.717) is 35.8 Å². The summed E-state index contributed by atoms with van der Waals surface area (Å²) in [5.74, 6) is -0.542. The van der Waals surface area contributed by atoms with Gasteiger partial charge in [0.1, 0.15) is 5.75 Å². The number of anilines is 4. The molecule has 5 nitrogen and oxygen atoms in total. The highest BCUT2D eigenvalue weighted by Gasteiger charge is 2.34. The van der Waals surface area contributed by atoms with Crippen molar-refractivity contribution in [1.29, 1.82) is 0 Å². The zero-order chi connectivity index (χ0) is 28.0. The number of nitrogens with zero attached hydrogens (tertiary/aromatic N) is 2. The highest BCUT2D eigenvalue weighted by Crippen LogP contribution is 2.42. The predicted octanol–water partition coefficient (Wildman–Crippen LogP) is 7.97. The molecule has 0 N–H and O–H groups in total. The molecule has 200 valence electrons. The molecule has 4 rings (SSSR count). The average Bonchev–Trinajstić information content (AvgIpc) is 2.94. The number of rotatable bonds is 7. The van der Waals surface area contributed by atoms with E-state index in [1.807, 2.05) is 117 Å². The molecule has 0 heterocycles. The van der Waals surface area contributed by atoms with Crippen molar-refractivity contribution in [3.8, 4) is 5.75 Å². The molecule has 0 radical (unpaired) electrons. The van der Waals surface area contributed by atoms with Crippen LogP contribution in [0.3, 0.4) is 0 Å². The smallest absolute Gasteiger partial charge is 0.321 e. The van der Waals surface area contributed by atoms with E-state index in [2.05, 4.69) is 20.8 Å². The van der Waals surface area contributed by atoms with Gasteiger partial charge in [0.25, 0.3) is 0 Å². The standard InChI is InChI=1S/C34H36N2O3/c1-6-28-30(24-23-29(34(3,4)5)31(28)39-7-2)36(27-21-15-10-16-22-27)33(38)32(37)35(25-17-11-8-12-18-25)26-19-13-9-14-20-26/h8-24H,6-7H2,1-5H3. The quantitative estimate of drug-likeness (QED) is 0.232. The van der Waals surface area contributed by atoms with Gasteiger partial charge in [0.2, 0.25) is 0 Å². The number of carbonyl (C=O) groups is 2. The Kier molecular flexibility index (Phi) is 8.50. The predicted molar refractivity (Wildman–Crippen MR) is 159 cm³/mol. The van der Waals surface area contributed by atoms with Gasteiger partial charge in [-0.2, -0.15) is 0 Å². The third-order valence-corrected chi connectivity index (χ3v) is 6.56. The van der Waals surface area contributed by atoms with Crippen molar-refractivity contribution in [2.45, 2.75) is 46.5 Å². The minimum absolute atomic E-state index is 0.165. The van der Waals surface area contributed by atoms with E-state index in [1.54, 1.807) is 0 Å². The lowest BCUT2D eigenvalue weighted by Crippen LogP contribution is -2.42. The molecule has 39 heavy (non-hydrogen) atoms. The van der Waals surface area contributed by atoms with Crippen LogP contribution in [0, 0.1) is 0 Å². The van der Waals surface area contributed by atoms with Gasteiger partial charge in [0, 0.05) is 22.6 Å². The molecule has 0 unspecified atom stereocenters. The van der Waals surface area contributed by atoms with E-state index in [4.69, 9.17) is 4.74 Å². The van der Waals surface area contributed by atoms with Crippen LogP contribution in [0.1, 0.15) is 45.7 Å². The third-order valence-electron chi connectivity index (χ3n) is 6.56. The molecule has 0 aliphatic heterocycles. The van der Waals surface area contributed by atoms with Crippen molar-refractivity contribution in [1.82, 2.24) is 0 Å². The van der Waals surface area contributed by atoms with Crippen LogP contribution >= 0.6 is 0 Å². The molecule has 0 aromatic heterocycles. The number of amides is 2. The Morgan fingerprint density at radius 1 is 0.641 bits per heavy atom. The second-order valence-corrected chi connectivity index (χ2v) is 10.3. The fourth-order valence-electron chi connectivity index (χ4n) is 4.74. The minimum atomic E-state index is -0.658. The van der Waals surface area contributed by atoms with Gasteiger partial charge in [0.15, 0.2) is 0 Å². The van der Waals surface area contributed by atoms with E-state index >= 15 is 0 Å². The van der Waals surface area contributed by atoms with Crippen molar-refractivity contribution in [3.05, 3.63) is 114 Å². The van der Waals surface area contributed by atoms with Gasteiger partial charge in [0.05, 0.1) is 12.3 Å². The van der Waals surface area contributed by atoms with Gasteiger partial charge in [-0.1, -0.05) is 88.4 Å². The highest BCUT2D eigenvalue weighted by atomic mass is 16.5. The molecule has 0 bridgehead atoms. The van der Waals surface area contributed by atoms with Crippen molar-refractivity contribution in [2.24, 2.45) is 0 Å². The van der Waals surface area contributed by atoms with E-state index in [-0.39, 0.29) is 5.41 Å². The maximum absolute atomic E-state index is 14.3. The molecule has 0 saturated carbocycles. The Morgan fingerprint density at radius 3 is 1.49 bits per heavy atom. The number of para-hydroxylation sites is 3. The summed E-state index contributed by atoms with van der Waals surface area (Å²) in [6.07, 6.45) is 0.625. The lowest BCUT2D eigenvalue weighted by atomic mass is 9.84. The van der Waals surface area contributed by atoms with Crippen molar-refractivity contribution in [2.75, 3.05) is 16.4 Å². The van der Waals surface area contributed by atoms with Gasteiger partial charge in [-0.05, 0) is 66.8 Å². The second kappa shape index (κ2) is 12.0. The Hall–Kier alpha value is -4.38. The molecule has 0 aliphatic rings. The number of carbonyl (C=O) groups excluding carboxylic acids is 2. The van der Waals surface area contributed by atoms with E-state index in [0.717, 1.165) is 16.9 Å². The third kappa shape index (κ3) is 5.88. The molecule has 4 aromatic rings.